The van der Waals surface area contributed by atoms with Gasteiger partial charge >= 0.3 is 0 Å². The summed E-state index contributed by atoms with van der Waals surface area (Å²) in [6, 6.07) is 0. The van der Waals surface area contributed by atoms with Gasteiger partial charge in [-0.25, -0.2) is 0 Å². The number of hydrogen-bond donors (Lipinski definition) is 1. The fourth-order valence-electron chi connectivity index (χ4n) is 1.48. The average Bonchev–Trinajstić information content (AvgIpc) is 2.57. The summed E-state index contributed by atoms with van der Waals surface area (Å²) in [7, 11) is 0. The molecule has 1 heterocycles. The molecular formula is C11H18N2O2S. The molecule has 0 fully saturated rings. The normalized spacial score (nSPS) is 12.5. The fraction of sp³-hybridized carbons (Fsp3) is 0.636. The predicted molar refractivity (Wildman–Crippen MR) is 66.4 cm³/mol. The van der Waals surface area contributed by atoms with Crippen molar-refractivity contribution in [2.75, 3.05) is 18.5 Å². The maximum Gasteiger partial charge on any atom is 0.164 e. The highest BCUT2D eigenvalue weighted by Crippen LogP contribution is 2.24. The molecule has 4 nitrogen and oxygen atoms in total. The minimum absolute atomic E-state index is 0.0535. The lowest BCUT2D eigenvalue weighted by Crippen LogP contribution is -2.20. The van der Waals surface area contributed by atoms with E-state index in [1.165, 1.54) is 11.5 Å². The van der Waals surface area contributed by atoms with Crippen LogP contribution in [0.2, 0.25) is 0 Å². The van der Waals surface area contributed by atoms with Crippen LogP contribution < -0.4 is 5.32 Å². The number of carbonyl (C=O) groups excluding carboxylic acids is 1. The van der Waals surface area contributed by atoms with Crippen molar-refractivity contribution in [1.82, 2.24) is 4.37 Å². The largest absolute Gasteiger partial charge is 0.377 e. The Balaban J connectivity index is 2.64. The number of hydrogen-bond acceptors (Lipinski definition) is 5. The first-order valence-corrected chi connectivity index (χ1v) is 6.16. The molecule has 0 radical (unpaired) electrons. The highest BCUT2D eigenvalue weighted by Gasteiger charge is 2.15. The highest BCUT2D eigenvalue weighted by atomic mass is 32.1. The molecule has 1 rings (SSSR count). The van der Waals surface area contributed by atoms with E-state index < -0.39 is 0 Å². The quantitative estimate of drug-likeness (QED) is 0.779. The van der Waals surface area contributed by atoms with Gasteiger partial charge in [-0.1, -0.05) is 0 Å². The molecule has 1 unspecified atom stereocenters. The summed E-state index contributed by atoms with van der Waals surface area (Å²) in [5.41, 5.74) is 1.50. The first-order valence-electron chi connectivity index (χ1n) is 5.39. The molecule has 0 saturated carbocycles. The summed E-state index contributed by atoms with van der Waals surface area (Å²) in [5.74, 6) is 0.0535. The lowest BCUT2D eigenvalue weighted by Gasteiger charge is -2.12. The van der Waals surface area contributed by atoms with Crippen molar-refractivity contribution in [1.29, 1.82) is 0 Å². The number of nitrogens with zero attached hydrogens (tertiary/aromatic N) is 1. The number of aromatic nitrogens is 1. The van der Waals surface area contributed by atoms with Crippen molar-refractivity contribution >= 4 is 22.3 Å². The van der Waals surface area contributed by atoms with Crippen LogP contribution >= 0.6 is 11.5 Å². The summed E-state index contributed by atoms with van der Waals surface area (Å²) in [4.78, 5) is 11.4. The number of ether oxygens (including phenoxy) is 1. The van der Waals surface area contributed by atoms with Crippen LogP contribution in [-0.4, -0.2) is 29.4 Å². The molecule has 1 aromatic heterocycles. The third-order valence-electron chi connectivity index (χ3n) is 2.22. The van der Waals surface area contributed by atoms with E-state index in [4.69, 9.17) is 4.74 Å². The second-order valence-corrected chi connectivity index (χ2v) is 4.45. The van der Waals surface area contributed by atoms with Gasteiger partial charge in [0, 0.05) is 13.2 Å². The van der Waals surface area contributed by atoms with Crippen molar-refractivity contribution in [3.63, 3.8) is 0 Å². The van der Waals surface area contributed by atoms with Crippen LogP contribution in [0.5, 0.6) is 0 Å². The van der Waals surface area contributed by atoms with Gasteiger partial charge in [0.15, 0.2) is 5.78 Å². The Hall–Kier alpha value is -0.940. The van der Waals surface area contributed by atoms with Gasteiger partial charge in [-0.15, -0.1) is 0 Å². The Bertz CT molecular complexity index is 363. The molecule has 5 heteroatoms. The molecule has 90 valence electrons. The molecular weight excluding hydrogens is 224 g/mol. The molecule has 0 aliphatic heterocycles. The maximum absolute atomic E-state index is 11.4. The summed E-state index contributed by atoms with van der Waals surface area (Å²) < 4.78 is 9.59. The Morgan fingerprint density at radius 3 is 2.88 bits per heavy atom. The van der Waals surface area contributed by atoms with Crippen LogP contribution in [0.3, 0.4) is 0 Å². The van der Waals surface area contributed by atoms with Crippen LogP contribution in [0.15, 0.2) is 0 Å². The third-order valence-corrected chi connectivity index (χ3v) is 3.11. The Morgan fingerprint density at radius 2 is 2.31 bits per heavy atom. The zero-order valence-electron chi connectivity index (χ0n) is 10.2. The second kappa shape index (κ2) is 5.96. The van der Waals surface area contributed by atoms with Gasteiger partial charge in [0.2, 0.25) is 0 Å². The lowest BCUT2D eigenvalue weighted by atomic mass is 10.2. The molecule has 0 amide bonds. The van der Waals surface area contributed by atoms with Gasteiger partial charge in [-0.3, -0.25) is 4.79 Å². The van der Waals surface area contributed by atoms with Crippen LogP contribution in [0.25, 0.3) is 0 Å². The molecule has 1 atom stereocenters. The number of aryl methyl sites for hydroxylation is 1. The molecule has 0 spiro atoms. The topological polar surface area (TPSA) is 51.2 Å². The van der Waals surface area contributed by atoms with Crippen molar-refractivity contribution in [3.05, 3.63) is 11.3 Å². The van der Waals surface area contributed by atoms with Crippen molar-refractivity contribution in [2.45, 2.75) is 33.8 Å². The molecule has 1 aromatic rings. The molecule has 16 heavy (non-hydrogen) atoms. The minimum atomic E-state index is 0.0535. The lowest BCUT2D eigenvalue weighted by molar-refractivity contribution is 0.0855. The number of Topliss-reactive ketones (excluding diaryl/α,β-unsaturated/α-hetero) is 1. The van der Waals surface area contributed by atoms with E-state index in [0.29, 0.717) is 18.7 Å². The van der Waals surface area contributed by atoms with Crippen molar-refractivity contribution in [2.24, 2.45) is 0 Å². The maximum atomic E-state index is 11.4. The summed E-state index contributed by atoms with van der Waals surface area (Å²) >= 11 is 1.33. The van der Waals surface area contributed by atoms with Gasteiger partial charge in [0.25, 0.3) is 0 Å². The Labute approximate surface area is 100 Å². The van der Waals surface area contributed by atoms with Crippen molar-refractivity contribution < 1.29 is 9.53 Å². The van der Waals surface area contributed by atoms with Gasteiger partial charge in [0.05, 0.1) is 17.4 Å². The number of carbonyl (C=O) groups is 1. The van der Waals surface area contributed by atoms with Gasteiger partial charge in [-0.05, 0) is 39.2 Å². The molecule has 0 aliphatic carbocycles. The van der Waals surface area contributed by atoms with E-state index in [2.05, 4.69) is 9.69 Å². The predicted octanol–water partition coefficient (Wildman–Crippen LogP) is 2.49. The zero-order chi connectivity index (χ0) is 12.1. The number of anilines is 1. The Kier molecular flexibility index (Phi) is 4.89. The third kappa shape index (κ3) is 3.28. The first kappa shape index (κ1) is 13.1. The molecule has 1 N–H and O–H groups in total. The van der Waals surface area contributed by atoms with E-state index in [1.54, 1.807) is 6.92 Å². The summed E-state index contributed by atoms with van der Waals surface area (Å²) in [5, 5.41) is 4.05. The number of nitrogens with one attached hydrogen (secondary N) is 1. The van der Waals surface area contributed by atoms with Gasteiger partial charge < -0.3 is 10.1 Å². The van der Waals surface area contributed by atoms with E-state index >= 15 is 0 Å². The molecule has 0 aromatic carbocycles. The van der Waals surface area contributed by atoms with Gasteiger partial charge in [-0.2, -0.15) is 4.37 Å². The van der Waals surface area contributed by atoms with E-state index in [1.807, 2.05) is 20.8 Å². The van der Waals surface area contributed by atoms with Crippen LogP contribution in [0.4, 0.5) is 5.00 Å². The molecule has 0 saturated heterocycles. The smallest absolute Gasteiger partial charge is 0.164 e. The molecule has 0 bridgehead atoms. The highest BCUT2D eigenvalue weighted by molar-refractivity contribution is 7.10. The van der Waals surface area contributed by atoms with E-state index in [0.717, 1.165) is 10.7 Å². The monoisotopic (exact) mass is 242 g/mol. The standard InChI is InChI=1S/C11H18N2O2S/c1-5-15-7(2)6-12-11-10(9(4)14)8(3)13-16-11/h7,12H,5-6H2,1-4H3. The minimum Gasteiger partial charge on any atom is -0.377 e. The van der Waals surface area contributed by atoms with Crippen LogP contribution in [0.1, 0.15) is 36.8 Å². The van der Waals surface area contributed by atoms with Crippen LogP contribution in [-0.2, 0) is 4.74 Å². The molecule has 0 aliphatic rings. The van der Waals surface area contributed by atoms with Crippen LogP contribution in [0, 0.1) is 6.92 Å². The number of rotatable bonds is 6. The summed E-state index contributed by atoms with van der Waals surface area (Å²) in [6.45, 7) is 8.77. The average molecular weight is 242 g/mol. The van der Waals surface area contributed by atoms with Crippen molar-refractivity contribution in [3.8, 4) is 0 Å². The summed E-state index contributed by atoms with van der Waals surface area (Å²) in [6.07, 6.45) is 0.132. The Morgan fingerprint density at radius 1 is 1.62 bits per heavy atom. The van der Waals surface area contributed by atoms with Gasteiger partial charge in [0.1, 0.15) is 5.00 Å². The number of ketones is 1. The zero-order valence-corrected chi connectivity index (χ0v) is 11.0. The fourth-order valence-corrected chi connectivity index (χ4v) is 2.33. The second-order valence-electron chi connectivity index (χ2n) is 3.68. The first-order chi connectivity index (χ1) is 7.56. The van der Waals surface area contributed by atoms with E-state index in [-0.39, 0.29) is 11.9 Å². The SMILES string of the molecule is CCOC(C)CNc1snc(C)c1C(C)=O. The van der Waals surface area contributed by atoms with E-state index in [9.17, 15) is 4.79 Å².